The molecule has 21 heavy (non-hydrogen) atoms. The molecule has 2 saturated carbocycles. The van der Waals surface area contributed by atoms with Crippen molar-refractivity contribution in [2.75, 3.05) is 0 Å². The molecule has 4 nitrogen and oxygen atoms in total. The third-order valence-corrected chi connectivity index (χ3v) is 5.73. The van der Waals surface area contributed by atoms with Crippen LogP contribution in [0.2, 0.25) is 0 Å². The third-order valence-electron chi connectivity index (χ3n) is 5.73. The molecule has 1 aliphatic heterocycles. The Morgan fingerprint density at radius 3 is 2.24 bits per heavy atom. The molecular formula is C17H28N2O2. The average Bonchev–Trinajstić information content (AvgIpc) is 3.28. The number of hydrogen-bond donors (Lipinski definition) is 1. The van der Waals surface area contributed by atoms with E-state index in [1.807, 2.05) is 25.7 Å². The lowest BCUT2D eigenvalue weighted by Gasteiger charge is -2.51. The molecule has 2 aliphatic carbocycles. The predicted octanol–water partition coefficient (Wildman–Crippen LogP) is 2.47. The summed E-state index contributed by atoms with van der Waals surface area (Å²) >= 11 is 0. The monoisotopic (exact) mass is 292 g/mol. The van der Waals surface area contributed by atoms with Crippen molar-refractivity contribution in [3.63, 3.8) is 0 Å². The summed E-state index contributed by atoms with van der Waals surface area (Å²) in [5.74, 6) is 0.743. The van der Waals surface area contributed by atoms with Crippen LogP contribution in [0.5, 0.6) is 0 Å². The summed E-state index contributed by atoms with van der Waals surface area (Å²) in [5.41, 5.74) is -0.607. The number of carbonyl (C=O) groups excluding carboxylic acids is 2. The lowest BCUT2D eigenvalue weighted by molar-refractivity contribution is -0.164. The van der Waals surface area contributed by atoms with Gasteiger partial charge in [0.2, 0.25) is 11.8 Å². The van der Waals surface area contributed by atoms with E-state index >= 15 is 0 Å². The highest BCUT2D eigenvalue weighted by molar-refractivity contribution is 6.00. The topological polar surface area (TPSA) is 49.4 Å². The van der Waals surface area contributed by atoms with Crippen molar-refractivity contribution in [1.29, 1.82) is 0 Å². The van der Waals surface area contributed by atoms with Crippen LogP contribution in [0.25, 0.3) is 0 Å². The van der Waals surface area contributed by atoms with Crippen molar-refractivity contribution in [1.82, 2.24) is 10.2 Å². The first kappa shape index (κ1) is 14.9. The SMILES string of the molecule is CC(C)C1NC(=O)C(C)(C2CC2)N(C2CCCCC2)C1=O. The molecule has 0 bridgehead atoms. The second kappa shape index (κ2) is 5.29. The summed E-state index contributed by atoms with van der Waals surface area (Å²) in [6, 6.07) is -0.0737. The first-order valence-electron chi connectivity index (χ1n) is 8.60. The number of nitrogens with zero attached hydrogens (tertiary/aromatic N) is 1. The van der Waals surface area contributed by atoms with Crippen LogP contribution in [0.3, 0.4) is 0 Å². The zero-order chi connectivity index (χ0) is 15.2. The van der Waals surface area contributed by atoms with E-state index in [9.17, 15) is 9.59 Å². The lowest BCUT2D eigenvalue weighted by Crippen LogP contribution is -2.73. The Labute approximate surface area is 127 Å². The highest BCUT2D eigenvalue weighted by Gasteiger charge is 2.58. The fraction of sp³-hybridized carbons (Fsp3) is 0.882. The Kier molecular flexibility index (Phi) is 3.74. The number of rotatable bonds is 3. The summed E-state index contributed by atoms with van der Waals surface area (Å²) < 4.78 is 0. The van der Waals surface area contributed by atoms with Gasteiger partial charge < -0.3 is 10.2 Å². The van der Waals surface area contributed by atoms with E-state index in [0.29, 0.717) is 5.92 Å². The van der Waals surface area contributed by atoms with E-state index in [-0.39, 0.29) is 29.8 Å². The second-order valence-electron chi connectivity index (χ2n) is 7.62. The maximum atomic E-state index is 13.1. The maximum Gasteiger partial charge on any atom is 0.246 e. The number of hydrogen-bond acceptors (Lipinski definition) is 2. The predicted molar refractivity (Wildman–Crippen MR) is 81.6 cm³/mol. The Morgan fingerprint density at radius 2 is 1.71 bits per heavy atom. The highest BCUT2D eigenvalue weighted by Crippen LogP contribution is 2.47. The van der Waals surface area contributed by atoms with Gasteiger partial charge in [-0.05, 0) is 44.4 Å². The van der Waals surface area contributed by atoms with Crippen LogP contribution in [0.15, 0.2) is 0 Å². The fourth-order valence-electron chi connectivity index (χ4n) is 4.22. The lowest BCUT2D eigenvalue weighted by atomic mass is 9.81. The van der Waals surface area contributed by atoms with Gasteiger partial charge in [0, 0.05) is 6.04 Å². The van der Waals surface area contributed by atoms with Gasteiger partial charge in [0.15, 0.2) is 0 Å². The van der Waals surface area contributed by atoms with E-state index < -0.39 is 5.54 Å². The number of piperazine rings is 1. The number of amides is 2. The van der Waals surface area contributed by atoms with Crippen LogP contribution in [0.4, 0.5) is 0 Å². The van der Waals surface area contributed by atoms with Crippen LogP contribution in [0.1, 0.15) is 65.7 Å². The number of carbonyl (C=O) groups is 2. The Balaban J connectivity index is 1.94. The summed E-state index contributed by atoms with van der Waals surface area (Å²) in [4.78, 5) is 27.9. The molecule has 2 amide bonds. The molecule has 3 fully saturated rings. The molecule has 2 unspecified atom stereocenters. The van der Waals surface area contributed by atoms with Crippen molar-refractivity contribution in [2.24, 2.45) is 11.8 Å². The molecule has 0 spiro atoms. The van der Waals surface area contributed by atoms with Gasteiger partial charge in [-0.2, -0.15) is 0 Å². The largest absolute Gasteiger partial charge is 0.342 e. The molecule has 0 aromatic rings. The van der Waals surface area contributed by atoms with Gasteiger partial charge in [-0.25, -0.2) is 0 Å². The minimum Gasteiger partial charge on any atom is -0.342 e. The van der Waals surface area contributed by atoms with Gasteiger partial charge in [-0.15, -0.1) is 0 Å². The van der Waals surface area contributed by atoms with Crippen molar-refractivity contribution >= 4 is 11.8 Å². The van der Waals surface area contributed by atoms with Crippen molar-refractivity contribution in [3.05, 3.63) is 0 Å². The minimum absolute atomic E-state index is 0.0777. The smallest absolute Gasteiger partial charge is 0.246 e. The molecule has 1 heterocycles. The Morgan fingerprint density at radius 1 is 1.10 bits per heavy atom. The maximum absolute atomic E-state index is 13.1. The summed E-state index contributed by atoms with van der Waals surface area (Å²) in [5, 5.41) is 3.02. The van der Waals surface area contributed by atoms with Gasteiger partial charge in [-0.3, -0.25) is 9.59 Å². The van der Waals surface area contributed by atoms with E-state index in [1.165, 1.54) is 19.3 Å². The van der Waals surface area contributed by atoms with E-state index in [4.69, 9.17) is 0 Å². The Hall–Kier alpha value is -1.06. The molecule has 2 atom stereocenters. The van der Waals surface area contributed by atoms with Crippen molar-refractivity contribution in [2.45, 2.75) is 83.3 Å². The van der Waals surface area contributed by atoms with Crippen molar-refractivity contribution in [3.8, 4) is 0 Å². The summed E-state index contributed by atoms with van der Waals surface area (Å²) in [6.07, 6.45) is 7.91. The molecule has 0 aromatic carbocycles. The normalized spacial score (nSPS) is 35.2. The second-order valence-corrected chi connectivity index (χ2v) is 7.62. The fourth-order valence-corrected chi connectivity index (χ4v) is 4.22. The molecular weight excluding hydrogens is 264 g/mol. The van der Waals surface area contributed by atoms with Crippen LogP contribution in [-0.4, -0.2) is 34.3 Å². The van der Waals surface area contributed by atoms with Crippen LogP contribution < -0.4 is 5.32 Å². The standard InChI is InChI=1S/C17H28N2O2/c1-11(2)14-15(20)19(13-7-5-4-6-8-13)17(3,12-9-10-12)16(21)18-14/h11-14H,4-10H2,1-3H3,(H,18,21). The first-order valence-corrected chi connectivity index (χ1v) is 8.60. The van der Waals surface area contributed by atoms with Crippen LogP contribution >= 0.6 is 0 Å². The van der Waals surface area contributed by atoms with Crippen molar-refractivity contribution < 1.29 is 9.59 Å². The molecule has 118 valence electrons. The van der Waals surface area contributed by atoms with E-state index in [0.717, 1.165) is 25.7 Å². The summed E-state index contributed by atoms with van der Waals surface area (Å²) in [7, 11) is 0. The summed E-state index contributed by atoms with van der Waals surface area (Å²) in [6.45, 7) is 6.03. The van der Waals surface area contributed by atoms with Gasteiger partial charge in [-0.1, -0.05) is 33.1 Å². The van der Waals surface area contributed by atoms with Gasteiger partial charge in [0.1, 0.15) is 11.6 Å². The molecule has 4 heteroatoms. The van der Waals surface area contributed by atoms with Gasteiger partial charge in [0.25, 0.3) is 0 Å². The quantitative estimate of drug-likeness (QED) is 0.868. The van der Waals surface area contributed by atoms with E-state index in [1.54, 1.807) is 0 Å². The average molecular weight is 292 g/mol. The van der Waals surface area contributed by atoms with Crippen LogP contribution in [-0.2, 0) is 9.59 Å². The van der Waals surface area contributed by atoms with E-state index in [2.05, 4.69) is 5.32 Å². The molecule has 0 aromatic heterocycles. The first-order chi connectivity index (χ1) is 9.96. The van der Waals surface area contributed by atoms with Crippen LogP contribution in [0, 0.1) is 11.8 Å². The third kappa shape index (κ3) is 2.36. The molecule has 1 N–H and O–H groups in total. The van der Waals surface area contributed by atoms with Gasteiger partial charge in [0.05, 0.1) is 0 Å². The highest BCUT2D eigenvalue weighted by atomic mass is 16.2. The molecule has 3 rings (SSSR count). The zero-order valence-electron chi connectivity index (χ0n) is 13.5. The van der Waals surface area contributed by atoms with Gasteiger partial charge >= 0.3 is 0 Å². The zero-order valence-corrected chi connectivity index (χ0v) is 13.5. The molecule has 3 aliphatic rings. The Bertz CT molecular complexity index is 438. The molecule has 0 radical (unpaired) electrons. The molecule has 1 saturated heterocycles. The number of nitrogens with one attached hydrogen (secondary N) is 1. The minimum atomic E-state index is -0.607.